The molecule has 0 fully saturated rings. The first kappa shape index (κ1) is 11.9. The molecule has 19 heavy (non-hydrogen) atoms. The van der Waals surface area contributed by atoms with Crippen LogP contribution in [0.2, 0.25) is 0 Å². The number of hydrogen-bond donors (Lipinski definition) is 2. The van der Waals surface area contributed by atoms with Crippen LogP contribution in [-0.4, -0.2) is 15.2 Å². The van der Waals surface area contributed by atoms with Gasteiger partial charge in [0.25, 0.3) is 5.56 Å². The van der Waals surface area contributed by atoms with E-state index in [-0.39, 0.29) is 5.56 Å². The fourth-order valence-electron chi connectivity index (χ4n) is 1.68. The van der Waals surface area contributed by atoms with Crippen LogP contribution >= 0.6 is 11.8 Å². The Morgan fingerprint density at radius 1 is 1.11 bits per heavy atom. The normalized spacial score (nSPS) is 11.1. The molecule has 2 heterocycles. The van der Waals surface area contributed by atoms with Crippen LogP contribution in [0.25, 0.3) is 11.0 Å². The zero-order valence-electron chi connectivity index (χ0n) is 9.41. The van der Waals surface area contributed by atoms with Gasteiger partial charge < -0.3 is 4.98 Å². The number of pyridine rings is 1. The van der Waals surface area contributed by atoms with Crippen molar-refractivity contribution in [2.24, 2.45) is 0 Å². The molecule has 0 spiro atoms. The van der Waals surface area contributed by atoms with Crippen molar-refractivity contribution < 1.29 is 8.78 Å². The lowest BCUT2D eigenvalue weighted by Crippen LogP contribution is -2.07. The van der Waals surface area contributed by atoms with Crippen molar-refractivity contribution in [3.63, 3.8) is 0 Å². The Kier molecular flexibility index (Phi) is 2.83. The predicted octanol–water partition coefficient (Wildman–Crippen LogP) is 2.68. The molecule has 0 saturated heterocycles. The average molecular weight is 279 g/mol. The maximum absolute atomic E-state index is 13.1. The van der Waals surface area contributed by atoms with E-state index >= 15 is 0 Å². The SMILES string of the molecule is O=c1[nH]c2[nH]ncc2cc1Sc1cc(F)cc(F)c1. The Morgan fingerprint density at radius 3 is 2.58 bits per heavy atom. The maximum Gasteiger partial charge on any atom is 0.263 e. The van der Waals surface area contributed by atoms with Gasteiger partial charge in [0.05, 0.1) is 11.1 Å². The Hall–Kier alpha value is -2.15. The number of benzene rings is 1. The molecule has 3 aromatic rings. The van der Waals surface area contributed by atoms with E-state index in [9.17, 15) is 13.6 Å². The van der Waals surface area contributed by atoms with Crippen molar-refractivity contribution >= 4 is 22.8 Å². The van der Waals surface area contributed by atoms with Crippen molar-refractivity contribution in [1.82, 2.24) is 15.2 Å². The van der Waals surface area contributed by atoms with Crippen LogP contribution < -0.4 is 5.56 Å². The monoisotopic (exact) mass is 279 g/mol. The summed E-state index contributed by atoms with van der Waals surface area (Å²) >= 11 is 0.995. The van der Waals surface area contributed by atoms with E-state index < -0.39 is 11.6 Å². The summed E-state index contributed by atoms with van der Waals surface area (Å²) in [6, 6.07) is 4.75. The smallest absolute Gasteiger partial charge is 0.263 e. The fourth-order valence-corrected chi connectivity index (χ4v) is 2.60. The maximum atomic E-state index is 13.1. The van der Waals surface area contributed by atoms with Gasteiger partial charge in [-0.05, 0) is 18.2 Å². The van der Waals surface area contributed by atoms with Gasteiger partial charge in [-0.2, -0.15) is 5.10 Å². The first-order chi connectivity index (χ1) is 9.11. The van der Waals surface area contributed by atoms with E-state index in [1.54, 1.807) is 12.3 Å². The third-order valence-electron chi connectivity index (χ3n) is 2.48. The number of rotatable bonds is 2. The molecule has 0 atom stereocenters. The zero-order chi connectivity index (χ0) is 13.4. The number of nitrogens with zero attached hydrogens (tertiary/aromatic N) is 1. The Labute approximate surface area is 109 Å². The summed E-state index contributed by atoms with van der Waals surface area (Å²) in [5.41, 5.74) is 0.172. The molecule has 3 rings (SSSR count). The molecule has 0 radical (unpaired) electrons. The molecule has 0 bridgehead atoms. The number of hydrogen-bond acceptors (Lipinski definition) is 3. The number of aromatic nitrogens is 3. The van der Waals surface area contributed by atoms with Gasteiger partial charge in [0, 0.05) is 16.3 Å². The summed E-state index contributed by atoms with van der Waals surface area (Å²) < 4.78 is 26.2. The first-order valence-corrected chi connectivity index (χ1v) is 6.14. The molecule has 2 aromatic heterocycles. The molecule has 96 valence electrons. The highest BCUT2D eigenvalue weighted by molar-refractivity contribution is 7.99. The highest BCUT2D eigenvalue weighted by Crippen LogP contribution is 2.27. The van der Waals surface area contributed by atoms with Crippen molar-refractivity contribution in [3.05, 3.63) is 52.5 Å². The van der Waals surface area contributed by atoms with Gasteiger partial charge in [0.2, 0.25) is 0 Å². The van der Waals surface area contributed by atoms with E-state index in [1.807, 2.05) is 0 Å². The van der Waals surface area contributed by atoms with E-state index in [4.69, 9.17) is 0 Å². The largest absolute Gasteiger partial charge is 0.306 e. The molecule has 0 saturated carbocycles. The van der Waals surface area contributed by atoms with Gasteiger partial charge in [-0.3, -0.25) is 9.89 Å². The second-order valence-corrected chi connectivity index (χ2v) is 4.99. The highest BCUT2D eigenvalue weighted by atomic mass is 32.2. The van der Waals surface area contributed by atoms with E-state index in [1.165, 1.54) is 12.1 Å². The minimum atomic E-state index is -0.677. The van der Waals surface area contributed by atoms with Crippen LogP contribution in [-0.2, 0) is 0 Å². The van der Waals surface area contributed by atoms with Crippen LogP contribution in [0.5, 0.6) is 0 Å². The van der Waals surface area contributed by atoms with E-state index in [2.05, 4.69) is 15.2 Å². The van der Waals surface area contributed by atoms with Crippen LogP contribution in [0.15, 0.2) is 45.0 Å². The third kappa shape index (κ3) is 2.37. The van der Waals surface area contributed by atoms with Crippen molar-refractivity contribution in [3.8, 4) is 0 Å². The number of H-pyrrole nitrogens is 2. The van der Waals surface area contributed by atoms with Crippen molar-refractivity contribution in [2.45, 2.75) is 9.79 Å². The molecule has 7 heteroatoms. The van der Waals surface area contributed by atoms with Gasteiger partial charge in [-0.1, -0.05) is 11.8 Å². The minimum absolute atomic E-state index is 0.325. The topological polar surface area (TPSA) is 61.5 Å². The summed E-state index contributed by atoms with van der Waals surface area (Å²) in [4.78, 5) is 15.1. The van der Waals surface area contributed by atoms with Gasteiger partial charge >= 0.3 is 0 Å². The molecular formula is C12H7F2N3OS. The van der Waals surface area contributed by atoms with Crippen molar-refractivity contribution in [1.29, 1.82) is 0 Å². The summed E-state index contributed by atoms with van der Waals surface area (Å²) in [6.07, 6.45) is 1.56. The van der Waals surface area contributed by atoms with Crippen LogP contribution in [0.3, 0.4) is 0 Å². The molecule has 0 unspecified atom stereocenters. The first-order valence-electron chi connectivity index (χ1n) is 5.32. The summed E-state index contributed by atoms with van der Waals surface area (Å²) in [5.74, 6) is -1.35. The number of aromatic amines is 2. The number of nitrogens with one attached hydrogen (secondary N) is 2. The Bertz CT molecular complexity index is 792. The Morgan fingerprint density at radius 2 is 1.84 bits per heavy atom. The molecule has 0 aliphatic heterocycles. The van der Waals surface area contributed by atoms with Gasteiger partial charge in [0.1, 0.15) is 17.3 Å². The molecule has 2 N–H and O–H groups in total. The standard InChI is InChI=1S/C12H7F2N3OS/c13-7-2-8(14)4-9(3-7)19-10-1-6-5-15-17-11(6)16-12(10)18/h1-5H,(H2,15,16,17,18). The van der Waals surface area contributed by atoms with E-state index in [0.717, 1.165) is 23.2 Å². The van der Waals surface area contributed by atoms with Gasteiger partial charge in [0.15, 0.2) is 0 Å². The van der Waals surface area contributed by atoms with Crippen LogP contribution in [0.4, 0.5) is 8.78 Å². The lowest BCUT2D eigenvalue weighted by atomic mass is 10.3. The summed E-state index contributed by atoms with van der Waals surface area (Å²) in [6.45, 7) is 0. The van der Waals surface area contributed by atoms with Gasteiger partial charge in [-0.15, -0.1) is 0 Å². The average Bonchev–Trinajstić information content (AvgIpc) is 2.75. The zero-order valence-corrected chi connectivity index (χ0v) is 10.2. The fraction of sp³-hybridized carbons (Fsp3) is 0. The highest BCUT2D eigenvalue weighted by Gasteiger charge is 2.08. The summed E-state index contributed by atoms with van der Waals surface area (Å²) in [5, 5.41) is 7.15. The third-order valence-corrected chi connectivity index (χ3v) is 3.48. The Balaban J connectivity index is 2.04. The molecular weight excluding hydrogens is 272 g/mol. The van der Waals surface area contributed by atoms with Gasteiger partial charge in [-0.25, -0.2) is 8.78 Å². The van der Waals surface area contributed by atoms with Crippen LogP contribution in [0.1, 0.15) is 0 Å². The lowest BCUT2D eigenvalue weighted by Gasteiger charge is -2.02. The molecule has 0 aliphatic rings. The van der Waals surface area contributed by atoms with Crippen LogP contribution in [0, 0.1) is 11.6 Å². The predicted molar refractivity (Wildman–Crippen MR) is 67.2 cm³/mol. The minimum Gasteiger partial charge on any atom is -0.306 e. The summed E-state index contributed by atoms with van der Waals surface area (Å²) in [7, 11) is 0. The quantitative estimate of drug-likeness (QED) is 0.758. The second-order valence-electron chi connectivity index (χ2n) is 3.87. The number of halogens is 2. The number of fused-ring (bicyclic) bond motifs is 1. The second kappa shape index (κ2) is 4.51. The van der Waals surface area contributed by atoms with E-state index in [0.29, 0.717) is 15.4 Å². The molecule has 1 aromatic carbocycles. The molecule has 4 nitrogen and oxygen atoms in total. The van der Waals surface area contributed by atoms with Crippen molar-refractivity contribution in [2.75, 3.05) is 0 Å². The lowest BCUT2D eigenvalue weighted by molar-refractivity contribution is 0.577. The molecule has 0 amide bonds. The molecule has 0 aliphatic carbocycles.